The molecule has 5 nitrogen and oxygen atoms in total. The van der Waals surface area contributed by atoms with E-state index < -0.39 is 0 Å². The van der Waals surface area contributed by atoms with Crippen LogP contribution in [0, 0.1) is 0 Å². The van der Waals surface area contributed by atoms with Crippen molar-refractivity contribution in [3.63, 3.8) is 0 Å². The summed E-state index contributed by atoms with van der Waals surface area (Å²) >= 11 is 1.51. The number of aromatic nitrogens is 1. The number of hydrogen-bond acceptors (Lipinski definition) is 5. The average molecular weight is 339 g/mol. The Hall–Kier alpha value is -2.86. The molecule has 24 heavy (non-hydrogen) atoms. The lowest BCUT2D eigenvalue weighted by atomic mass is 10.1. The molecule has 0 aliphatic heterocycles. The van der Waals surface area contributed by atoms with Crippen LogP contribution in [-0.4, -0.2) is 18.0 Å². The number of thiazole rings is 1. The number of nitrogens with zero attached hydrogens (tertiary/aromatic N) is 1. The Morgan fingerprint density at radius 1 is 1.21 bits per heavy atom. The topological polar surface area (TPSA) is 63.2 Å². The summed E-state index contributed by atoms with van der Waals surface area (Å²) in [6.45, 7) is 0.410. The number of para-hydroxylation sites is 1. The smallest absolute Gasteiger partial charge is 0.251 e. The van der Waals surface area contributed by atoms with Crippen molar-refractivity contribution in [1.82, 2.24) is 10.3 Å². The van der Waals surface area contributed by atoms with Crippen molar-refractivity contribution < 1.29 is 9.53 Å². The molecule has 1 amide bonds. The maximum atomic E-state index is 12.4. The number of anilines is 2. The van der Waals surface area contributed by atoms with Gasteiger partial charge in [-0.1, -0.05) is 24.3 Å². The maximum Gasteiger partial charge on any atom is 0.251 e. The minimum atomic E-state index is -0.135. The molecule has 0 spiro atoms. The van der Waals surface area contributed by atoms with E-state index in [0.717, 1.165) is 22.1 Å². The van der Waals surface area contributed by atoms with Crippen molar-refractivity contribution >= 4 is 28.1 Å². The van der Waals surface area contributed by atoms with E-state index in [9.17, 15) is 4.79 Å². The average Bonchev–Trinajstić information content (AvgIpc) is 3.13. The minimum absolute atomic E-state index is 0.135. The third-order valence-corrected chi connectivity index (χ3v) is 4.13. The molecule has 0 bridgehead atoms. The van der Waals surface area contributed by atoms with Gasteiger partial charge in [0.15, 0.2) is 5.13 Å². The standard InChI is InChI=1S/C18H17N3O2S/c1-23-16-8-3-2-5-14(16)12-20-17(22)13-6-4-7-15(11-13)21-18-19-9-10-24-18/h2-11H,12H2,1H3,(H,19,21)(H,20,22). The fraction of sp³-hybridized carbons (Fsp3) is 0.111. The van der Waals surface area contributed by atoms with E-state index in [-0.39, 0.29) is 5.91 Å². The number of carbonyl (C=O) groups is 1. The normalized spacial score (nSPS) is 10.2. The summed E-state index contributed by atoms with van der Waals surface area (Å²) in [5, 5.41) is 8.78. The third kappa shape index (κ3) is 3.91. The Balaban J connectivity index is 1.66. The fourth-order valence-electron chi connectivity index (χ4n) is 2.27. The lowest BCUT2D eigenvalue weighted by Crippen LogP contribution is -2.23. The molecule has 0 saturated heterocycles. The number of nitrogens with one attached hydrogen (secondary N) is 2. The van der Waals surface area contributed by atoms with Gasteiger partial charge in [-0.05, 0) is 24.3 Å². The lowest BCUT2D eigenvalue weighted by molar-refractivity contribution is 0.0950. The zero-order valence-corrected chi connectivity index (χ0v) is 14.0. The second-order valence-electron chi connectivity index (χ2n) is 5.04. The van der Waals surface area contributed by atoms with Crippen LogP contribution in [0.1, 0.15) is 15.9 Å². The molecule has 1 aromatic heterocycles. The Morgan fingerprint density at radius 2 is 2.08 bits per heavy atom. The van der Waals surface area contributed by atoms with Crippen molar-refractivity contribution in [2.75, 3.05) is 12.4 Å². The van der Waals surface area contributed by atoms with Crippen molar-refractivity contribution in [3.8, 4) is 5.75 Å². The predicted octanol–water partition coefficient (Wildman–Crippen LogP) is 3.83. The van der Waals surface area contributed by atoms with E-state index in [1.165, 1.54) is 11.3 Å². The van der Waals surface area contributed by atoms with Crippen molar-refractivity contribution in [2.24, 2.45) is 0 Å². The van der Waals surface area contributed by atoms with Gasteiger partial charge in [0.25, 0.3) is 5.91 Å². The maximum absolute atomic E-state index is 12.4. The van der Waals surface area contributed by atoms with Gasteiger partial charge < -0.3 is 15.4 Å². The van der Waals surface area contributed by atoms with E-state index in [0.29, 0.717) is 12.1 Å². The quantitative estimate of drug-likeness (QED) is 0.716. The third-order valence-electron chi connectivity index (χ3n) is 3.44. The number of ether oxygens (including phenoxy) is 1. The zero-order valence-electron chi connectivity index (χ0n) is 13.2. The highest BCUT2D eigenvalue weighted by atomic mass is 32.1. The molecule has 2 N–H and O–H groups in total. The molecule has 122 valence electrons. The molecular weight excluding hydrogens is 322 g/mol. The fourth-order valence-corrected chi connectivity index (χ4v) is 2.82. The Labute approximate surface area is 144 Å². The van der Waals surface area contributed by atoms with Crippen molar-refractivity contribution in [1.29, 1.82) is 0 Å². The summed E-state index contributed by atoms with van der Waals surface area (Å²) in [5.74, 6) is 0.626. The van der Waals surface area contributed by atoms with Crippen LogP contribution in [0.4, 0.5) is 10.8 Å². The molecule has 3 aromatic rings. The van der Waals surface area contributed by atoms with Crippen molar-refractivity contribution in [3.05, 3.63) is 71.2 Å². The highest BCUT2D eigenvalue weighted by Crippen LogP contribution is 2.20. The van der Waals surface area contributed by atoms with Crippen molar-refractivity contribution in [2.45, 2.75) is 6.54 Å². The lowest BCUT2D eigenvalue weighted by Gasteiger charge is -2.10. The summed E-state index contributed by atoms with van der Waals surface area (Å²) in [4.78, 5) is 16.6. The second kappa shape index (κ2) is 7.61. The number of amides is 1. The van der Waals surface area contributed by atoms with Crippen LogP contribution in [0.25, 0.3) is 0 Å². The first-order chi connectivity index (χ1) is 11.8. The molecule has 0 aliphatic rings. The van der Waals surface area contributed by atoms with Crippen LogP contribution in [0.15, 0.2) is 60.1 Å². The molecule has 0 unspecified atom stereocenters. The minimum Gasteiger partial charge on any atom is -0.496 e. The number of rotatable bonds is 6. The van der Waals surface area contributed by atoms with Gasteiger partial charge in [-0.3, -0.25) is 4.79 Å². The second-order valence-corrected chi connectivity index (χ2v) is 5.93. The van der Waals surface area contributed by atoms with E-state index in [1.807, 2.05) is 41.8 Å². The Morgan fingerprint density at radius 3 is 2.88 bits per heavy atom. The van der Waals surface area contributed by atoms with Gasteiger partial charge in [0.05, 0.1) is 7.11 Å². The van der Waals surface area contributed by atoms with Crippen LogP contribution in [0.2, 0.25) is 0 Å². The summed E-state index contributed by atoms with van der Waals surface area (Å²) in [5.41, 5.74) is 2.35. The number of benzene rings is 2. The van der Waals surface area contributed by atoms with E-state index in [1.54, 1.807) is 25.4 Å². The molecule has 3 rings (SSSR count). The highest BCUT2D eigenvalue weighted by molar-refractivity contribution is 7.13. The number of hydrogen-bond donors (Lipinski definition) is 2. The van der Waals surface area contributed by atoms with Crippen LogP contribution in [-0.2, 0) is 6.54 Å². The van der Waals surface area contributed by atoms with Gasteiger partial charge >= 0.3 is 0 Å². The van der Waals surface area contributed by atoms with Gasteiger partial charge in [0.1, 0.15) is 5.75 Å². The first-order valence-corrected chi connectivity index (χ1v) is 8.31. The number of carbonyl (C=O) groups excluding carboxylic acids is 1. The highest BCUT2D eigenvalue weighted by Gasteiger charge is 2.08. The molecule has 0 radical (unpaired) electrons. The molecule has 2 aromatic carbocycles. The predicted molar refractivity (Wildman–Crippen MR) is 96.0 cm³/mol. The van der Waals surface area contributed by atoms with Crippen LogP contribution < -0.4 is 15.4 Å². The van der Waals surface area contributed by atoms with E-state index in [2.05, 4.69) is 15.6 Å². The van der Waals surface area contributed by atoms with Gasteiger partial charge in [0, 0.05) is 34.9 Å². The summed E-state index contributed by atoms with van der Waals surface area (Å²) in [6, 6.07) is 15.0. The molecule has 0 saturated carbocycles. The molecule has 1 heterocycles. The summed E-state index contributed by atoms with van der Waals surface area (Å²) < 4.78 is 5.29. The summed E-state index contributed by atoms with van der Waals surface area (Å²) in [6.07, 6.45) is 1.73. The van der Waals surface area contributed by atoms with Crippen LogP contribution >= 0.6 is 11.3 Å². The van der Waals surface area contributed by atoms with E-state index >= 15 is 0 Å². The zero-order chi connectivity index (χ0) is 16.8. The molecule has 0 atom stereocenters. The van der Waals surface area contributed by atoms with Crippen LogP contribution in [0.5, 0.6) is 5.75 Å². The Kier molecular flexibility index (Phi) is 5.08. The van der Waals surface area contributed by atoms with Gasteiger partial charge in [-0.2, -0.15) is 0 Å². The number of methoxy groups -OCH3 is 1. The SMILES string of the molecule is COc1ccccc1CNC(=O)c1cccc(Nc2nccs2)c1. The summed E-state index contributed by atoms with van der Waals surface area (Å²) in [7, 11) is 1.62. The Bertz CT molecular complexity index is 819. The first-order valence-electron chi connectivity index (χ1n) is 7.43. The molecule has 0 aliphatic carbocycles. The molecule has 0 fully saturated rings. The van der Waals surface area contributed by atoms with Crippen LogP contribution in [0.3, 0.4) is 0 Å². The molecule has 6 heteroatoms. The van der Waals surface area contributed by atoms with Gasteiger partial charge in [-0.15, -0.1) is 11.3 Å². The largest absolute Gasteiger partial charge is 0.496 e. The van der Waals surface area contributed by atoms with Gasteiger partial charge in [0.2, 0.25) is 0 Å². The van der Waals surface area contributed by atoms with Gasteiger partial charge in [-0.25, -0.2) is 4.98 Å². The van der Waals surface area contributed by atoms with E-state index in [4.69, 9.17) is 4.74 Å². The molecular formula is C18H17N3O2S. The first kappa shape index (κ1) is 16.0. The monoisotopic (exact) mass is 339 g/mol.